The van der Waals surface area contributed by atoms with Gasteiger partial charge in [0.2, 0.25) is 10.0 Å². The predicted molar refractivity (Wildman–Crippen MR) is 63.6 cm³/mol. The molecule has 8 heteroatoms. The number of hydrogen-bond acceptors (Lipinski definition) is 4. The highest BCUT2D eigenvalue weighted by Gasteiger charge is 2.25. The fourth-order valence-corrected chi connectivity index (χ4v) is 2.63. The molecule has 0 aliphatic carbocycles. The maximum Gasteiger partial charge on any atom is 0.290 e. The summed E-state index contributed by atoms with van der Waals surface area (Å²) in [6.45, 7) is 2.01. The van der Waals surface area contributed by atoms with Crippen LogP contribution in [-0.2, 0) is 10.0 Å². The number of hydrogen-bond donors (Lipinski definition) is 1. The highest BCUT2D eigenvalue weighted by Crippen LogP contribution is 2.26. The van der Waals surface area contributed by atoms with E-state index in [0.29, 0.717) is 6.42 Å². The molecule has 6 nitrogen and oxygen atoms in total. The summed E-state index contributed by atoms with van der Waals surface area (Å²) < 4.78 is 25.8. The first-order valence-corrected chi connectivity index (χ1v) is 6.68. The number of sulfonamides is 1. The standard InChI is InChI=1S/C9H11ClN2O4S/c1-2-5-11-17(15,16)9-4-3-7(10)6-8(9)12(13)14/h3-4,6,11H,2,5H2,1H3. The lowest BCUT2D eigenvalue weighted by Crippen LogP contribution is -2.25. The highest BCUT2D eigenvalue weighted by molar-refractivity contribution is 7.89. The van der Waals surface area contributed by atoms with Crippen LogP contribution in [-0.4, -0.2) is 19.9 Å². The Morgan fingerprint density at radius 2 is 2.12 bits per heavy atom. The summed E-state index contributed by atoms with van der Waals surface area (Å²) in [5, 5.41) is 10.9. The number of nitrogens with zero attached hydrogens (tertiary/aromatic N) is 1. The Bertz CT molecular complexity index is 530. The second kappa shape index (κ2) is 5.44. The van der Waals surface area contributed by atoms with Gasteiger partial charge in [-0.2, -0.15) is 0 Å². The summed E-state index contributed by atoms with van der Waals surface area (Å²) in [6.07, 6.45) is 0.598. The molecule has 0 spiro atoms. The van der Waals surface area contributed by atoms with Crippen LogP contribution in [0.1, 0.15) is 13.3 Å². The molecule has 0 aliphatic rings. The van der Waals surface area contributed by atoms with Crippen LogP contribution in [0.4, 0.5) is 5.69 Å². The molecule has 1 aromatic rings. The minimum absolute atomic E-state index is 0.117. The highest BCUT2D eigenvalue weighted by atomic mass is 35.5. The second-order valence-electron chi connectivity index (χ2n) is 3.27. The Balaban J connectivity index is 3.26. The number of nitro groups is 1. The van der Waals surface area contributed by atoms with E-state index >= 15 is 0 Å². The fraction of sp³-hybridized carbons (Fsp3) is 0.333. The molecule has 17 heavy (non-hydrogen) atoms. The van der Waals surface area contributed by atoms with E-state index in [9.17, 15) is 18.5 Å². The summed E-state index contributed by atoms with van der Waals surface area (Å²) in [7, 11) is -3.87. The van der Waals surface area contributed by atoms with E-state index in [0.717, 1.165) is 12.1 Å². The number of nitro benzene ring substituents is 1. The van der Waals surface area contributed by atoms with Crippen LogP contribution in [0.5, 0.6) is 0 Å². The van der Waals surface area contributed by atoms with Crippen molar-refractivity contribution < 1.29 is 13.3 Å². The maximum absolute atomic E-state index is 11.8. The van der Waals surface area contributed by atoms with E-state index < -0.39 is 20.6 Å². The van der Waals surface area contributed by atoms with Crippen LogP contribution in [0.2, 0.25) is 5.02 Å². The first kappa shape index (κ1) is 13.9. The van der Waals surface area contributed by atoms with E-state index in [1.165, 1.54) is 6.07 Å². The van der Waals surface area contributed by atoms with Crippen LogP contribution in [0.15, 0.2) is 23.1 Å². The van der Waals surface area contributed by atoms with Crippen molar-refractivity contribution >= 4 is 27.3 Å². The molecule has 1 aromatic carbocycles. The topological polar surface area (TPSA) is 89.3 Å². The van der Waals surface area contributed by atoms with Gasteiger partial charge in [0.15, 0.2) is 4.90 Å². The molecular formula is C9H11ClN2O4S. The molecule has 0 amide bonds. The lowest BCUT2D eigenvalue weighted by Gasteiger charge is -2.06. The zero-order valence-corrected chi connectivity index (χ0v) is 10.6. The summed E-state index contributed by atoms with van der Waals surface area (Å²) in [6, 6.07) is 3.44. The van der Waals surface area contributed by atoms with Crippen LogP contribution < -0.4 is 4.72 Å². The first-order chi connectivity index (χ1) is 7.88. The third-order valence-corrected chi connectivity index (χ3v) is 3.69. The molecule has 1 rings (SSSR count). The molecule has 0 heterocycles. The van der Waals surface area contributed by atoms with E-state index in [4.69, 9.17) is 11.6 Å². The fourth-order valence-electron chi connectivity index (χ4n) is 1.17. The first-order valence-electron chi connectivity index (χ1n) is 4.82. The van der Waals surface area contributed by atoms with Gasteiger partial charge in [-0.05, 0) is 18.6 Å². The van der Waals surface area contributed by atoms with E-state index in [-0.39, 0.29) is 16.5 Å². The molecule has 1 N–H and O–H groups in total. The van der Waals surface area contributed by atoms with Gasteiger partial charge in [-0.3, -0.25) is 10.1 Å². The Morgan fingerprint density at radius 1 is 1.47 bits per heavy atom. The van der Waals surface area contributed by atoms with Gasteiger partial charge < -0.3 is 0 Å². The molecule has 0 atom stereocenters. The predicted octanol–water partition coefficient (Wildman–Crippen LogP) is 1.94. The van der Waals surface area contributed by atoms with Crippen LogP contribution in [0.25, 0.3) is 0 Å². The summed E-state index contributed by atoms with van der Waals surface area (Å²) in [5.41, 5.74) is -0.527. The van der Waals surface area contributed by atoms with Gasteiger partial charge in [-0.15, -0.1) is 0 Å². The van der Waals surface area contributed by atoms with Crippen molar-refractivity contribution in [1.29, 1.82) is 0 Å². The minimum Gasteiger partial charge on any atom is -0.258 e. The SMILES string of the molecule is CCCNS(=O)(=O)c1ccc(Cl)cc1[N+](=O)[O-]. The van der Waals surface area contributed by atoms with Crippen molar-refractivity contribution in [3.8, 4) is 0 Å². The lowest BCUT2D eigenvalue weighted by molar-refractivity contribution is -0.387. The number of rotatable bonds is 5. The Morgan fingerprint density at radius 3 is 2.65 bits per heavy atom. The Labute approximate surface area is 104 Å². The molecule has 0 saturated carbocycles. The maximum atomic E-state index is 11.8. The molecule has 0 fully saturated rings. The van der Waals surface area contributed by atoms with Crippen LogP contribution in [0, 0.1) is 10.1 Å². The summed E-state index contributed by atoms with van der Waals surface area (Å²) in [5.74, 6) is 0. The zero-order valence-electron chi connectivity index (χ0n) is 9.01. The smallest absolute Gasteiger partial charge is 0.258 e. The monoisotopic (exact) mass is 278 g/mol. The summed E-state index contributed by atoms with van der Waals surface area (Å²) in [4.78, 5) is 9.60. The number of nitrogens with one attached hydrogen (secondary N) is 1. The largest absolute Gasteiger partial charge is 0.290 e. The minimum atomic E-state index is -3.87. The third kappa shape index (κ3) is 3.39. The average Bonchev–Trinajstić information content (AvgIpc) is 2.26. The lowest BCUT2D eigenvalue weighted by atomic mass is 10.3. The summed E-state index contributed by atoms with van der Waals surface area (Å²) >= 11 is 5.60. The third-order valence-electron chi connectivity index (χ3n) is 1.95. The molecule has 0 saturated heterocycles. The van der Waals surface area contributed by atoms with Gasteiger partial charge in [-0.1, -0.05) is 18.5 Å². The van der Waals surface area contributed by atoms with E-state index in [1.54, 1.807) is 6.92 Å². The number of halogens is 1. The van der Waals surface area contributed by atoms with Gasteiger partial charge in [0.1, 0.15) is 0 Å². The van der Waals surface area contributed by atoms with Crippen molar-refractivity contribution in [2.45, 2.75) is 18.2 Å². The average molecular weight is 279 g/mol. The van der Waals surface area contributed by atoms with Gasteiger partial charge in [-0.25, -0.2) is 13.1 Å². The van der Waals surface area contributed by atoms with Crippen LogP contribution >= 0.6 is 11.6 Å². The van der Waals surface area contributed by atoms with Crippen molar-refractivity contribution in [3.63, 3.8) is 0 Å². The van der Waals surface area contributed by atoms with Crippen molar-refractivity contribution in [3.05, 3.63) is 33.3 Å². The van der Waals surface area contributed by atoms with E-state index in [2.05, 4.69) is 4.72 Å². The van der Waals surface area contributed by atoms with E-state index in [1.807, 2.05) is 0 Å². The van der Waals surface area contributed by atoms with Crippen LogP contribution in [0.3, 0.4) is 0 Å². The molecule has 94 valence electrons. The molecule has 0 bridgehead atoms. The normalized spacial score (nSPS) is 11.4. The number of benzene rings is 1. The quantitative estimate of drug-likeness (QED) is 0.658. The zero-order chi connectivity index (χ0) is 13.1. The Kier molecular flexibility index (Phi) is 4.44. The van der Waals surface area contributed by atoms with Gasteiger partial charge in [0.05, 0.1) is 4.92 Å². The molecular weight excluding hydrogens is 268 g/mol. The Hall–Kier alpha value is -1.18. The molecule has 0 aromatic heterocycles. The van der Waals surface area contributed by atoms with Gasteiger partial charge in [0.25, 0.3) is 5.69 Å². The van der Waals surface area contributed by atoms with Gasteiger partial charge >= 0.3 is 0 Å². The molecule has 0 aliphatic heterocycles. The van der Waals surface area contributed by atoms with Crippen molar-refractivity contribution in [1.82, 2.24) is 4.72 Å². The molecule has 0 unspecified atom stereocenters. The van der Waals surface area contributed by atoms with Gasteiger partial charge in [0, 0.05) is 17.6 Å². The van der Waals surface area contributed by atoms with Crippen molar-refractivity contribution in [2.24, 2.45) is 0 Å². The second-order valence-corrected chi connectivity index (χ2v) is 5.44. The molecule has 0 radical (unpaired) electrons. The van der Waals surface area contributed by atoms with Crippen molar-refractivity contribution in [2.75, 3.05) is 6.54 Å².